The van der Waals surface area contributed by atoms with Gasteiger partial charge in [-0.2, -0.15) is 0 Å². The van der Waals surface area contributed by atoms with Crippen LogP contribution in [0.4, 0.5) is 0 Å². The maximum atomic E-state index is 14.1. The smallest absolute Gasteiger partial charge is 0.197 e. The Kier molecular flexibility index (Phi) is 19.6. The molecule has 5 aromatic rings. The summed E-state index contributed by atoms with van der Waals surface area (Å²) in [6.07, 6.45) is 37.3. The van der Waals surface area contributed by atoms with Crippen molar-refractivity contribution in [1.29, 1.82) is 0 Å². The minimum atomic E-state index is 0.0679. The Morgan fingerprint density at radius 3 is 0.893 bits per heavy atom. The molecule has 0 atom stereocenters. The third kappa shape index (κ3) is 12.8. The molecule has 0 spiro atoms. The first-order valence-corrected chi connectivity index (χ1v) is 23.7. The highest BCUT2D eigenvalue weighted by molar-refractivity contribution is 6.03. The van der Waals surface area contributed by atoms with Crippen LogP contribution in [-0.4, -0.2) is 9.13 Å². The van der Waals surface area contributed by atoms with Gasteiger partial charge in [0.2, 0.25) is 0 Å². The van der Waals surface area contributed by atoms with Gasteiger partial charge in [0.15, 0.2) is 10.9 Å². The van der Waals surface area contributed by atoms with Crippen LogP contribution in [0, 0.1) is 0 Å². The molecular weight excluding hydrogens is 685 g/mol. The molecule has 0 unspecified atom stereocenters. The molecule has 3 aromatic carbocycles. The Bertz CT molecular complexity index is 1860. The summed E-state index contributed by atoms with van der Waals surface area (Å²) in [5.41, 5.74) is 3.87. The fraction of sp³-hybridized carbons (Fsp3) is 0.615. The summed E-state index contributed by atoms with van der Waals surface area (Å²) in [7, 11) is 0. The quantitative estimate of drug-likeness (QED) is 0.0346. The summed E-state index contributed by atoms with van der Waals surface area (Å²) in [6, 6.07) is 20.3. The number of pyridine rings is 2. The van der Waals surface area contributed by atoms with Crippen molar-refractivity contribution in [2.24, 2.45) is 0 Å². The van der Waals surface area contributed by atoms with Gasteiger partial charge in [0, 0.05) is 34.6 Å². The highest BCUT2D eigenvalue weighted by Gasteiger charge is 2.17. The van der Waals surface area contributed by atoms with Gasteiger partial charge in [-0.05, 0) is 49.2 Å². The van der Waals surface area contributed by atoms with E-state index in [1.54, 1.807) is 0 Å². The van der Waals surface area contributed by atoms with Crippen molar-refractivity contribution in [2.45, 2.75) is 207 Å². The van der Waals surface area contributed by atoms with Gasteiger partial charge < -0.3 is 9.13 Å². The van der Waals surface area contributed by atoms with Gasteiger partial charge in [0.1, 0.15) is 0 Å². The lowest BCUT2D eigenvalue weighted by molar-refractivity contribution is 0.527. The van der Waals surface area contributed by atoms with Crippen LogP contribution in [0.3, 0.4) is 0 Å². The molecule has 0 N–H and O–H groups in total. The molecule has 0 aliphatic carbocycles. The zero-order valence-corrected chi connectivity index (χ0v) is 35.7. The standard InChI is InChI=1S/C52H76N2O2/c1-3-5-7-9-11-13-15-17-19-21-23-25-27-33-39-53-47-37-31-29-35-43(47)51(55)45-42-50-46(41-49(45)53)52(56)44-36-30-32-38-48(44)54(50)40-34-28-26-24-22-20-18-16-14-12-10-8-6-4-2/h29-32,35-38,41-42H,3-28,33-34,39-40H2,1-2H3. The lowest BCUT2D eigenvalue weighted by Gasteiger charge is -2.19. The van der Waals surface area contributed by atoms with Crippen LogP contribution in [0.2, 0.25) is 0 Å². The fourth-order valence-electron chi connectivity index (χ4n) is 9.15. The third-order valence-electron chi connectivity index (χ3n) is 12.5. The van der Waals surface area contributed by atoms with Gasteiger partial charge in [-0.15, -0.1) is 0 Å². The average Bonchev–Trinajstić information content (AvgIpc) is 3.22. The second-order valence-electron chi connectivity index (χ2n) is 17.1. The summed E-state index contributed by atoms with van der Waals surface area (Å²) in [5.74, 6) is 0. The second kappa shape index (κ2) is 25.1. The maximum Gasteiger partial charge on any atom is 0.197 e. The van der Waals surface area contributed by atoms with Gasteiger partial charge in [-0.1, -0.05) is 205 Å². The van der Waals surface area contributed by atoms with E-state index in [0.29, 0.717) is 0 Å². The highest BCUT2D eigenvalue weighted by Crippen LogP contribution is 2.28. The van der Waals surface area contributed by atoms with E-state index in [2.05, 4.69) is 47.2 Å². The first-order valence-electron chi connectivity index (χ1n) is 23.7. The van der Waals surface area contributed by atoms with Crippen molar-refractivity contribution in [2.75, 3.05) is 0 Å². The van der Waals surface area contributed by atoms with Gasteiger partial charge >= 0.3 is 0 Å². The molecule has 0 amide bonds. The van der Waals surface area contributed by atoms with Crippen LogP contribution in [0.5, 0.6) is 0 Å². The number of aryl methyl sites for hydroxylation is 2. The zero-order chi connectivity index (χ0) is 39.2. The number of hydrogen-bond donors (Lipinski definition) is 0. The number of unbranched alkanes of at least 4 members (excludes halogenated alkanes) is 26. The summed E-state index contributed by atoms with van der Waals surface area (Å²) in [4.78, 5) is 28.3. The number of benzene rings is 3. The van der Waals surface area contributed by atoms with E-state index < -0.39 is 0 Å². The van der Waals surface area contributed by atoms with Crippen LogP contribution in [-0.2, 0) is 13.1 Å². The highest BCUT2D eigenvalue weighted by atomic mass is 16.1. The van der Waals surface area contributed by atoms with Crippen molar-refractivity contribution >= 4 is 43.6 Å². The molecule has 0 aliphatic rings. The van der Waals surface area contributed by atoms with Crippen LogP contribution in [0.1, 0.15) is 194 Å². The minimum absolute atomic E-state index is 0.0679. The molecule has 0 bridgehead atoms. The normalized spacial score (nSPS) is 11.9. The summed E-state index contributed by atoms with van der Waals surface area (Å²) in [5, 5.41) is 3.00. The predicted molar refractivity (Wildman–Crippen MR) is 246 cm³/mol. The van der Waals surface area contributed by atoms with Crippen molar-refractivity contribution in [3.05, 3.63) is 81.1 Å². The van der Waals surface area contributed by atoms with E-state index in [1.165, 1.54) is 167 Å². The minimum Gasteiger partial charge on any atom is -0.340 e. The molecule has 0 saturated heterocycles. The van der Waals surface area contributed by atoms with E-state index in [4.69, 9.17) is 0 Å². The Morgan fingerprint density at radius 2 is 0.589 bits per heavy atom. The molecule has 0 radical (unpaired) electrons. The van der Waals surface area contributed by atoms with E-state index in [9.17, 15) is 9.59 Å². The first kappa shape index (κ1) is 43.7. The lowest BCUT2D eigenvalue weighted by Crippen LogP contribution is -2.16. The fourth-order valence-corrected chi connectivity index (χ4v) is 9.15. The summed E-state index contributed by atoms with van der Waals surface area (Å²) >= 11 is 0. The Labute approximate surface area is 339 Å². The largest absolute Gasteiger partial charge is 0.340 e. The van der Waals surface area contributed by atoms with Crippen LogP contribution < -0.4 is 10.9 Å². The number of rotatable bonds is 30. The number of hydrogen-bond acceptors (Lipinski definition) is 2. The van der Waals surface area contributed by atoms with Gasteiger partial charge in [0.05, 0.1) is 22.1 Å². The first-order chi connectivity index (χ1) is 27.7. The molecule has 4 heteroatoms. The Hall–Kier alpha value is -3.40. The summed E-state index contributed by atoms with van der Waals surface area (Å²) in [6.45, 7) is 6.27. The molecule has 2 heterocycles. The van der Waals surface area contributed by atoms with Crippen molar-refractivity contribution < 1.29 is 0 Å². The van der Waals surface area contributed by atoms with Crippen LogP contribution in [0.15, 0.2) is 70.3 Å². The predicted octanol–water partition coefficient (Wildman–Crippen LogP) is 15.6. The molecule has 0 aliphatic heterocycles. The van der Waals surface area contributed by atoms with Crippen molar-refractivity contribution in [1.82, 2.24) is 9.13 Å². The monoisotopic (exact) mass is 761 g/mol. The molecule has 0 saturated carbocycles. The molecular formula is C52H76N2O2. The van der Waals surface area contributed by atoms with E-state index >= 15 is 0 Å². The summed E-state index contributed by atoms with van der Waals surface area (Å²) < 4.78 is 4.66. The van der Waals surface area contributed by atoms with Gasteiger partial charge in [-0.3, -0.25) is 9.59 Å². The SMILES string of the molecule is CCCCCCCCCCCCCCCCn1c2ccccc2c(=O)c2cc3c(cc21)c(=O)c1ccccc1n3CCCCCCCCCCCCCCCC. The average molecular weight is 761 g/mol. The molecule has 0 fully saturated rings. The van der Waals surface area contributed by atoms with E-state index in [0.717, 1.165) is 69.5 Å². The zero-order valence-electron chi connectivity index (χ0n) is 35.7. The molecule has 306 valence electrons. The van der Waals surface area contributed by atoms with Crippen LogP contribution >= 0.6 is 0 Å². The third-order valence-corrected chi connectivity index (χ3v) is 12.5. The molecule has 5 rings (SSSR count). The second-order valence-corrected chi connectivity index (χ2v) is 17.1. The molecule has 2 aromatic heterocycles. The number of para-hydroxylation sites is 2. The topological polar surface area (TPSA) is 44.0 Å². The molecule has 4 nitrogen and oxygen atoms in total. The lowest BCUT2D eigenvalue weighted by atomic mass is 10.0. The van der Waals surface area contributed by atoms with Crippen molar-refractivity contribution in [3.8, 4) is 0 Å². The van der Waals surface area contributed by atoms with E-state index in [1.807, 2.05) is 36.4 Å². The Morgan fingerprint density at radius 1 is 0.321 bits per heavy atom. The number of fused-ring (bicyclic) bond motifs is 4. The van der Waals surface area contributed by atoms with Gasteiger partial charge in [-0.25, -0.2) is 0 Å². The van der Waals surface area contributed by atoms with Crippen molar-refractivity contribution in [3.63, 3.8) is 0 Å². The maximum absolute atomic E-state index is 14.1. The van der Waals surface area contributed by atoms with Gasteiger partial charge in [0.25, 0.3) is 0 Å². The van der Waals surface area contributed by atoms with Crippen LogP contribution in [0.25, 0.3) is 43.6 Å². The molecule has 56 heavy (non-hydrogen) atoms. The number of aromatic nitrogens is 2. The van der Waals surface area contributed by atoms with E-state index in [-0.39, 0.29) is 10.9 Å². The Balaban J connectivity index is 1.21. The number of nitrogens with zero attached hydrogens (tertiary/aromatic N) is 2.